The molecule has 0 radical (unpaired) electrons. The molecule has 1 heterocycles. The summed E-state index contributed by atoms with van der Waals surface area (Å²) in [6.07, 6.45) is 4.36. The summed E-state index contributed by atoms with van der Waals surface area (Å²) < 4.78 is 9.30. The molecule has 3 aliphatic rings. The number of rotatable bonds is 1. The first-order valence-corrected chi connectivity index (χ1v) is 5.15. The summed E-state index contributed by atoms with van der Waals surface area (Å²) in [4.78, 5) is 35.3. The third-order valence-electron chi connectivity index (χ3n) is 3.93. The largest absolute Gasteiger partial charge is 0.468 e. The minimum absolute atomic E-state index is 0.0666. The molecule has 0 N–H and O–H groups in total. The lowest BCUT2D eigenvalue weighted by Crippen LogP contribution is -2.45. The van der Waals surface area contributed by atoms with Crippen molar-refractivity contribution in [3.05, 3.63) is 12.2 Å². The molecule has 4 atom stereocenters. The van der Waals surface area contributed by atoms with Crippen LogP contribution in [-0.4, -0.2) is 25.0 Å². The van der Waals surface area contributed by atoms with Crippen LogP contribution < -0.4 is 0 Å². The Morgan fingerprint density at radius 2 is 2.25 bits per heavy atom. The normalized spacial score (nSPS) is 43.4. The molecule has 3 rings (SSSR count). The van der Waals surface area contributed by atoms with Crippen LogP contribution in [-0.2, 0) is 23.9 Å². The zero-order valence-corrected chi connectivity index (χ0v) is 8.64. The van der Waals surface area contributed by atoms with Crippen molar-refractivity contribution in [3.8, 4) is 0 Å². The quantitative estimate of drug-likeness (QED) is 0.356. The third-order valence-corrected chi connectivity index (χ3v) is 3.93. The maximum Gasteiger partial charge on any atom is 0.332 e. The van der Waals surface area contributed by atoms with Gasteiger partial charge in [-0.25, -0.2) is 0 Å². The van der Waals surface area contributed by atoms with Crippen molar-refractivity contribution in [2.75, 3.05) is 7.11 Å². The van der Waals surface area contributed by atoms with Gasteiger partial charge in [0.15, 0.2) is 5.41 Å². The Kier molecular flexibility index (Phi) is 1.63. The molecule has 0 amide bonds. The second-order valence-corrected chi connectivity index (χ2v) is 4.44. The standard InChI is InChI=1S/C11H10O5/c1-15-9(13)11-6-3-2-5(4-6)7(11)8(12)16-10(11)14/h2-3,5-7H,4H2,1H3. The fourth-order valence-electron chi connectivity index (χ4n) is 3.29. The molecule has 0 aromatic rings. The van der Waals surface area contributed by atoms with Gasteiger partial charge < -0.3 is 9.47 Å². The Hall–Kier alpha value is -1.65. The second-order valence-electron chi connectivity index (χ2n) is 4.44. The summed E-state index contributed by atoms with van der Waals surface area (Å²) in [7, 11) is 1.22. The average molecular weight is 222 g/mol. The van der Waals surface area contributed by atoms with Crippen LogP contribution in [0.15, 0.2) is 12.2 Å². The van der Waals surface area contributed by atoms with E-state index in [0.29, 0.717) is 6.42 Å². The molecule has 2 aliphatic carbocycles. The smallest absolute Gasteiger partial charge is 0.332 e. The molecule has 84 valence electrons. The lowest BCUT2D eigenvalue weighted by Gasteiger charge is -2.27. The first-order chi connectivity index (χ1) is 7.62. The number of ether oxygens (including phenoxy) is 2. The molecule has 1 aliphatic heterocycles. The van der Waals surface area contributed by atoms with Crippen molar-refractivity contribution in [2.45, 2.75) is 6.42 Å². The summed E-state index contributed by atoms with van der Waals surface area (Å²) in [5, 5.41) is 0. The van der Waals surface area contributed by atoms with E-state index < -0.39 is 29.2 Å². The van der Waals surface area contributed by atoms with E-state index >= 15 is 0 Å². The van der Waals surface area contributed by atoms with Crippen molar-refractivity contribution in [1.29, 1.82) is 0 Å². The van der Waals surface area contributed by atoms with Crippen LogP contribution in [0.4, 0.5) is 0 Å². The zero-order chi connectivity index (χ0) is 11.5. The van der Waals surface area contributed by atoms with Crippen LogP contribution in [0.5, 0.6) is 0 Å². The molecule has 16 heavy (non-hydrogen) atoms. The summed E-state index contributed by atoms with van der Waals surface area (Å²) in [6, 6.07) is 0. The van der Waals surface area contributed by atoms with Gasteiger partial charge >= 0.3 is 17.9 Å². The summed E-state index contributed by atoms with van der Waals surface area (Å²) in [5.74, 6) is -2.98. The van der Waals surface area contributed by atoms with Crippen molar-refractivity contribution in [1.82, 2.24) is 0 Å². The van der Waals surface area contributed by atoms with Crippen molar-refractivity contribution in [3.63, 3.8) is 0 Å². The molecule has 2 fully saturated rings. The van der Waals surface area contributed by atoms with Gasteiger partial charge in [0.2, 0.25) is 0 Å². The first kappa shape index (κ1) is 9.57. The highest BCUT2D eigenvalue weighted by molar-refractivity contribution is 6.13. The molecule has 2 bridgehead atoms. The van der Waals surface area contributed by atoms with Gasteiger partial charge in [-0.2, -0.15) is 0 Å². The SMILES string of the molecule is COC(=O)C12C(=O)OC(=O)C1C1C=CC2C1. The molecule has 0 aromatic carbocycles. The Morgan fingerprint density at radius 3 is 2.94 bits per heavy atom. The van der Waals surface area contributed by atoms with E-state index in [1.54, 1.807) is 0 Å². The highest BCUT2D eigenvalue weighted by Crippen LogP contribution is 2.60. The molecule has 0 spiro atoms. The van der Waals surface area contributed by atoms with Crippen LogP contribution in [0.3, 0.4) is 0 Å². The Labute approximate surface area is 91.4 Å². The molecule has 5 heteroatoms. The van der Waals surface area contributed by atoms with Gasteiger partial charge in [0.1, 0.15) is 0 Å². The van der Waals surface area contributed by atoms with Gasteiger partial charge in [0.25, 0.3) is 0 Å². The third kappa shape index (κ3) is 0.774. The molecule has 5 nitrogen and oxygen atoms in total. The Morgan fingerprint density at radius 1 is 1.50 bits per heavy atom. The number of carbonyl (C=O) groups excluding carboxylic acids is 3. The van der Waals surface area contributed by atoms with Crippen LogP contribution in [0, 0.1) is 23.2 Å². The fourth-order valence-corrected chi connectivity index (χ4v) is 3.29. The van der Waals surface area contributed by atoms with Crippen LogP contribution in [0.25, 0.3) is 0 Å². The van der Waals surface area contributed by atoms with Crippen molar-refractivity contribution in [2.24, 2.45) is 23.2 Å². The first-order valence-electron chi connectivity index (χ1n) is 5.15. The number of methoxy groups -OCH3 is 1. The number of allylic oxidation sites excluding steroid dienone is 2. The van der Waals surface area contributed by atoms with Crippen molar-refractivity contribution >= 4 is 17.9 Å². The minimum Gasteiger partial charge on any atom is -0.468 e. The maximum atomic E-state index is 11.9. The van der Waals surface area contributed by atoms with E-state index in [1.165, 1.54) is 7.11 Å². The minimum atomic E-state index is -1.40. The molecule has 4 unspecified atom stereocenters. The van der Waals surface area contributed by atoms with Gasteiger partial charge in [0, 0.05) is 5.92 Å². The van der Waals surface area contributed by atoms with E-state index in [-0.39, 0.29) is 11.8 Å². The molecule has 1 saturated carbocycles. The average Bonchev–Trinajstić information content (AvgIpc) is 2.90. The van der Waals surface area contributed by atoms with E-state index in [4.69, 9.17) is 0 Å². The topological polar surface area (TPSA) is 69.7 Å². The van der Waals surface area contributed by atoms with Gasteiger partial charge in [-0.1, -0.05) is 12.2 Å². The van der Waals surface area contributed by atoms with E-state index in [0.717, 1.165) is 0 Å². The van der Waals surface area contributed by atoms with E-state index in [1.807, 2.05) is 12.2 Å². The Balaban J connectivity index is 2.18. The lowest BCUT2D eigenvalue weighted by molar-refractivity contribution is -0.166. The zero-order valence-electron chi connectivity index (χ0n) is 8.64. The molecular formula is C11H10O5. The van der Waals surface area contributed by atoms with E-state index in [2.05, 4.69) is 9.47 Å². The molecule has 0 aromatic heterocycles. The van der Waals surface area contributed by atoms with Gasteiger partial charge in [0.05, 0.1) is 13.0 Å². The van der Waals surface area contributed by atoms with Crippen LogP contribution in [0.1, 0.15) is 6.42 Å². The summed E-state index contributed by atoms with van der Waals surface area (Å²) >= 11 is 0. The second kappa shape index (κ2) is 2.72. The van der Waals surface area contributed by atoms with E-state index in [9.17, 15) is 14.4 Å². The molecular weight excluding hydrogens is 212 g/mol. The molecule has 1 saturated heterocycles. The highest BCUT2D eigenvalue weighted by atomic mass is 16.6. The highest BCUT2D eigenvalue weighted by Gasteiger charge is 2.73. The fraction of sp³-hybridized carbons (Fsp3) is 0.545. The lowest BCUT2D eigenvalue weighted by atomic mass is 9.70. The monoisotopic (exact) mass is 222 g/mol. The van der Waals surface area contributed by atoms with Gasteiger partial charge in [-0.15, -0.1) is 0 Å². The summed E-state index contributed by atoms with van der Waals surface area (Å²) in [5.41, 5.74) is -1.40. The Bertz CT molecular complexity index is 438. The van der Waals surface area contributed by atoms with Gasteiger partial charge in [-0.3, -0.25) is 14.4 Å². The maximum absolute atomic E-state index is 11.9. The number of esters is 3. The van der Waals surface area contributed by atoms with Crippen LogP contribution in [0.2, 0.25) is 0 Å². The number of carbonyl (C=O) groups is 3. The number of cyclic esters (lactones) is 2. The summed E-state index contributed by atoms with van der Waals surface area (Å²) in [6.45, 7) is 0. The van der Waals surface area contributed by atoms with Gasteiger partial charge in [-0.05, 0) is 12.3 Å². The van der Waals surface area contributed by atoms with Crippen LogP contribution >= 0.6 is 0 Å². The van der Waals surface area contributed by atoms with Crippen molar-refractivity contribution < 1.29 is 23.9 Å². The predicted octanol–water partition coefficient (Wildman–Crippen LogP) is 0.0513. The predicted molar refractivity (Wildman–Crippen MR) is 49.8 cm³/mol. The number of hydrogen-bond donors (Lipinski definition) is 0. The number of fused-ring (bicyclic) bond motifs is 5. The number of hydrogen-bond acceptors (Lipinski definition) is 5.